The molecule has 0 bridgehead atoms. The molecular formula is C7H11N2. The molecule has 3 radical (unpaired) electrons. The van der Waals surface area contributed by atoms with Crippen LogP contribution >= 0.6 is 0 Å². The molecule has 0 atom stereocenters. The minimum atomic E-state index is 0.803. The summed E-state index contributed by atoms with van der Waals surface area (Å²) in [6.07, 6.45) is 4.71. The molecule has 2 nitrogen and oxygen atoms in total. The van der Waals surface area contributed by atoms with Crippen LogP contribution in [0.5, 0.6) is 0 Å². The minimum absolute atomic E-state index is 0.803. The van der Waals surface area contributed by atoms with Gasteiger partial charge in [0.25, 0.3) is 0 Å². The van der Waals surface area contributed by atoms with Crippen molar-refractivity contribution in [2.24, 2.45) is 0 Å². The fourth-order valence-corrected chi connectivity index (χ4v) is 0.803. The number of hydrogen-bond donors (Lipinski definition) is 0. The zero-order chi connectivity index (χ0) is 6.85. The smallest absolute Gasteiger partial charge is 0.159 e. The van der Waals surface area contributed by atoms with E-state index in [-0.39, 0.29) is 0 Å². The second kappa shape index (κ2) is 2.29. The first kappa shape index (κ1) is 6.46. The van der Waals surface area contributed by atoms with Gasteiger partial charge in [0.1, 0.15) is 0 Å². The molecule has 1 aliphatic heterocycles. The summed E-state index contributed by atoms with van der Waals surface area (Å²) in [5, 5.41) is 0. The molecule has 1 rings (SSSR count). The molecule has 0 amide bonds. The molecule has 0 fully saturated rings. The molecule has 0 N–H and O–H groups in total. The van der Waals surface area contributed by atoms with Gasteiger partial charge in [-0.1, -0.05) is 0 Å². The molecule has 0 aliphatic carbocycles. The summed E-state index contributed by atoms with van der Waals surface area (Å²) in [4.78, 5) is 3.88. The van der Waals surface area contributed by atoms with Crippen LogP contribution in [0.3, 0.4) is 0 Å². The van der Waals surface area contributed by atoms with Gasteiger partial charge in [0.05, 0.1) is 0 Å². The van der Waals surface area contributed by atoms with E-state index >= 15 is 0 Å². The molecule has 1 aliphatic rings. The van der Waals surface area contributed by atoms with Gasteiger partial charge in [-0.25, -0.2) is 0 Å². The summed E-state index contributed by atoms with van der Waals surface area (Å²) in [7, 11) is 1.93. The van der Waals surface area contributed by atoms with Gasteiger partial charge in [0, 0.05) is 32.9 Å². The molecule has 0 saturated carbocycles. The Morgan fingerprint density at radius 1 is 1.56 bits per heavy atom. The van der Waals surface area contributed by atoms with Crippen LogP contribution in [0, 0.1) is 13.1 Å². The molecule has 0 aromatic rings. The summed E-state index contributed by atoms with van der Waals surface area (Å²) in [5.41, 5.74) is 0. The predicted octanol–water partition coefficient (Wildman–Crippen LogP) is 0.925. The molecule has 0 aromatic heterocycles. The Morgan fingerprint density at radius 3 is 2.44 bits per heavy atom. The quantitative estimate of drug-likeness (QED) is 0.511. The molecule has 0 saturated heterocycles. The van der Waals surface area contributed by atoms with Crippen LogP contribution in [-0.4, -0.2) is 23.4 Å². The normalized spacial score (nSPS) is 19.9. The SMILES string of the molecule is [CH][C]1N(C)C=CN1CC. The molecule has 2 heteroatoms. The molecule has 49 valence electrons. The fraction of sp³-hybridized carbons (Fsp3) is 0.429. The summed E-state index contributed by atoms with van der Waals surface area (Å²) in [6, 6.07) is 0. The second-order valence-corrected chi connectivity index (χ2v) is 2.05. The largest absolute Gasteiger partial charge is 0.353 e. The van der Waals surface area contributed by atoms with Crippen molar-refractivity contribution in [1.82, 2.24) is 9.80 Å². The van der Waals surface area contributed by atoms with Crippen molar-refractivity contribution in [2.45, 2.75) is 6.92 Å². The second-order valence-electron chi connectivity index (χ2n) is 2.05. The zero-order valence-corrected chi connectivity index (χ0v) is 5.83. The standard InChI is InChI=1S/C7H11N2/c1-4-9-6-5-8(3)7(9)2/h2,5-6H,4H2,1,3H3. The van der Waals surface area contributed by atoms with Crippen molar-refractivity contribution in [3.05, 3.63) is 25.5 Å². The van der Waals surface area contributed by atoms with Crippen molar-refractivity contribution < 1.29 is 0 Å². The molecule has 9 heavy (non-hydrogen) atoms. The van der Waals surface area contributed by atoms with E-state index in [1.54, 1.807) is 0 Å². The van der Waals surface area contributed by atoms with Crippen molar-refractivity contribution in [2.75, 3.05) is 13.6 Å². The van der Waals surface area contributed by atoms with Crippen LogP contribution in [0.15, 0.2) is 12.4 Å². The van der Waals surface area contributed by atoms with Gasteiger partial charge in [-0.15, -0.1) is 0 Å². The fourth-order valence-electron chi connectivity index (χ4n) is 0.803. The van der Waals surface area contributed by atoms with Crippen LogP contribution in [0.1, 0.15) is 6.92 Å². The number of rotatable bonds is 1. The van der Waals surface area contributed by atoms with Crippen molar-refractivity contribution in [1.29, 1.82) is 0 Å². The van der Waals surface area contributed by atoms with Gasteiger partial charge in [0.15, 0.2) is 6.17 Å². The van der Waals surface area contributed by atoms with Gasteiger partial charge < -0.3 is 9.80 Å². The molecule has 0 unspecified atom stereocenters. The van der Waals surface area contributed by atoms with Gasteiger partial charge in [-0.05, 0) is 6.92 Å². The van der Waals surface area contributed by atoms with E-state index in [1.807, 2.05) is 29.2 Å². The van der Waals surface area contributed by atoms with E-state index in [2.05, 4.69) is 6.92 Å². The van der Waals surface area contributed by atoms with E-state index in [1.165, 1.54) is 0 Å². The minimum Gasteiger partial charge on any atom is -0.353 e. The third-order valence-corrected chi connectivity index (χ3v) is 1.47. The van der Waals surface area contributed by atoms with Crippen molar-refractivity contribution in [3.8, 4) is 0 Å². The Labute approximate surface area is 56.8 Å². The summed E-state index contributed by atoms with van der Waals surface area (Å²) in [5.74, 6) is 0. The highest BCUT2D eigenvalue weighted by atomic mass is 15.4. The van der Waals surface area contributed by atoms with E-state index in [9.17, 15) is 0 Å². The average molecular weight is 123 g/mol. The third-order valence-electron chi connectivity index (χ3n) is 1.47. The van der Waals surface area contributed by atoms with E-state index in [4.69, 9.17) is 6.92 Å². The molecule has 0 aromatic carbocycles. The van der Waals surface area contributed by atoms with Gasteiger partial charge in [0.2, 0.25) is 0 Å². The summed E-state index contributed by atoms with van der Waals surface area (Å²) in [6.45, 7) is 8.64. The molecule has 1 heterocycles. The zero-order valence-electron chi connectivity index (χ0n) is 5.83. The summed E-state index contributed by atoms with van der Waals surface area (Å²) < 4.78 is 0. The number of hydrogen-bond acceptors (Lipinski definition) is 2. The van der Waals surface area contributed by atoms with Gasteiger partial charge in [-0.3, -0.25) is 0 Å². The first-order valence-electron chi connectivity index (χ1n) is 3.06. The maximum Gasteiger partial charge on any atom is 0.159 e. The Bertz CT molecular complexity index is 120. The lowest BCUT2D eigenvalue weighted by molar-refractivity contribution is 0.336. The highest BCUT2D eigenvalue weighted by Crippen LogP contribution is 2.17. The Hall–Kier alpha value is -0.660. The first-order chi connectivity index (χ1) is 4.25. The highest BCUT2D eigenvalue weighted by Gasteiger charge is 2.17. The molecule has 0 spiro atoms. The van der Waals surface area contributed by atoms with Crippen LogP contribution in [-0.2, 0) is 0 Å². The average Bonchev–Trinajstić information content (AvgIpc) is 2.15. The van der Waals surface area contributed by atoms with Gasteiger partial charge >= 0.3 is 0 Å². The summed E-state index contributed by atoms with van der Waals surface area (Å²) >= 11 is 0. The van der Waals surface area contributed by atoms with E-state index in [0.29, 0.717) is 0 Å². The highest BCUT2D eigenvalue weighted by molar-refractivity contribution is 5.07. The third kappa shape index (κ3) is 1.02. The van der Waals surface area contributed by atoms with Crippen molar-refractivity contribution in [3.63, 3.8) is 0 Å². The van der Waals surface area contributed by atoms with Crippen LogP contribution in [0.2, 0.25) is 0 Å². The van der Waals surface area contributed by atoms with E-state index in [0.717, 1.165) is 12.7 Å². The Kier molecular flexibility index (Phi) is 1.65. The Balaban J connectivity index is 2.51. The van der Waals surface area contributed by atoms with E-state index < -0.39 is 0 Å². The maximum absolute atomic E-state index is 5.64. The molecular weight excluding hydrogens is 112 g/mol. The van der Waals surface area contributed by atoms with Crippen LogP contribution in [0.4, 0.5) is 0 Å². The number of nitrogens with zero attached hydrogens (tertiary/aromatic N) is 2. The first-order valence-corrected chi connectivity index (χ1v) is 3.06. The predicted molar refractivity (Wildman–Crippen MR) is 36.8 cm³/mol. The Morgan fingerprint density at radius 2 is 2.22 bits per heavy atom. The van der Waals surface area contributed by atoms with Crippen molar-refractivity contribution >= 4 is 0 Å². The van der Waals surface area contributed by atoms with Crippen LogP contribution < -0.4 is 0 Å². The lowest BCUT2D eigenvalue weighted by Gasteiger charge is -2.23. The lowest BCUT2D eigenvalue weighted by Crippen LogP contribution is -2.25. The van der Waals surface area contributed by atoms with Gasteiger partial charge in [-0.2, -0.15) is 0 Å². The lowest BCUT2D eigenvalue weighted by atomic mass is 10.5. The van der Waals surface area contributed by atoms with Crippen LogP contribution in [0.25, 0.3) is 0 Å². The maximum atomic E-state index is 5.64. The monoisotopic (exact) mass is 123 g/mol. The topological polar surface area (TPSA) is 6.48 Å².